The lowest BCUT2D eigenvalue weighted by Crippen LogP contribution is -2.46. The molecule has 1 aromatic heterocycles. The molecule has 1 aromatic carbocycles. The van der Waals surface area contributed by atoms with E-state index < -0.39 is 27.3 Å². The molecule has 3 aliphatic heterocycles. The van der Waals surface area contributed by atoms with E-state index in [-0.39, 0.29) is 11.8 Å². The Morgan fingerprint density at radius 1 is 0.892 bits per heavy atom. The minimum Gasteiger partial charge on any atom is -0.368 e. The number of thiophene rings is 1. The van der Waals surface area contributed by atoms with Gasteiger partial charge in [-0.15, -0.1) is 11.3 Å². The van der Waals surface area contributed by atoms with Crippen LogP contribution in [-0.2, 0) is 22.7 Å². The Kier molecular flexibility index (Phi) is 6.66. The fourth-order valence-corrected chi connectivity index (χ4v) is 10.5. The van der Waals surface area contributed by atoms with E-state index in [4.69, 9.17) is 8.37 Å². The fourth-order valence-electron chi connectivity index (χ4n) is 6.19. The molecular weight excluding hydrogens is 510 g/mol. The summed E-state index contributed by atoms with van der Waals surface area (Å²) in [6.45, 7) is 5.69. The maximum absolute atomic E-state index is 13.6. The van der Waals surface area contributed by atoms with Crippen LogP contribution in [0.1, 0.15) is 38.5 Å². The molecule has 1 aliphatic carbocycles. The van der Waals surface area contributed by atoms with Gasteiger partial charge in [0.15, 0.2) is 4.75 Å². The van der Waals surface area contributed by atoms with Gasteiger partial charge in [0.05, 0.1) is 5.69 Å². The topological polar surface area (TPSA) is 79.4 Å². The van der Waals surface area contributed by atoms with Crippen molar-refractivity contribution in [3.05, 3.63) is 41.8 Å². The van der Waals surface area contributed by atoms with Gasteiger partial charge in [-0.3, -0.25) is 9.69 Å². The summed E-state index contributed by atoms with van der Waals surface area (Å²) in [4.78, 5) is 45.0. The lowest BCUT2D eigenvalue weighted by Gasteiger charge is -2.45. The van der Waals surface area contributed by atoms with Gasteiger partial charge in [-0.2, -0.15) is 0 Å². The third-order valence-corrected chi connectivity index (χ3v) is 12.4. The largest absolute Gasteiger partial charge is 0.368 e. The summed E-state index contributed by atoms with van der Waals surface area (Å²) in [6.07, 6.45) is 7.06. The van der Waals surface area contributed by atoms with Gasteiger partial charge in [0.2, 0.25) is 0 Å². The van der Waals surface area contributed by atoms with Crippen LogP contribution in [0.5, 0.6) is 0 Å². The van der Waals surface area contributed by atoms with Crippen LogP contribution < -0.4 is 4.90 Å². The van der Waals surface area contributed by atoms with Crippen molar-refractivity contribution in [1.29, 1.82) is 0 Å². The lowest BCUT2D eigenvalue weighted by atomic mass is 10.1. The van der Waals surface area contributed by atoms with E-state index in [1.807, 2.05) is 11.3 Å². The van der Waals surface area contributed by atoms with Gasteiger partial charge >= 0.3 is 11.9 Å². The molecule has 2 aromatic rings. The molecule has 0 unspecified atom stereocenters. The summed E-state index contributed by atoms with van der Waals surface area (Å²) >= 11 is 1.81. The normalized spacial score (nSPS) is 24.2. The van der Waals surface area contributed by atoms with Crippen LogP contribution in [-0.4, -0.2) is 77.5 Å². The molecule has 2 spiro atoms. The lowest BCUT2D eigenvalue weighted by molar-refractivity contribution is -0.131. The van der Waals surface area contributed by atoms with E-state index in [0.717, 1.165) is 70.6 Å². The van der Waals surface area contributed by atoms with Gasteiger partial charge in [0.25, 0.3) is 5.91 Å². The molecule has 0 bridgehead atoms. The molecular formula is C27H33N3O5S2. The van der Waals surface area contributed by atoms with Crippen LogP contribution in [0.2, 0.25) is 0 Å². The van der Waals surface area contributed by atoms with Crippen molar-refractivity contribution in [3.8, 4) is 0 Å². The van der Waals surface area contributed by atoms with Crippen molar-refractivity contribution >= 4 is 55.5 Å². The highest BCUT2D eigenvalue weighted by Crippen LogP contribution is 2.71. The zero-order valence-electron chi connectivity index (χ0n) is 20.9. The number of amides is 1. The molecule has 4 aliphatic rings. The minimum atomic E-state index is -2.64. The van der Waals surface area contributed by atoms with Gasteiger partial charge in [-0.1, -0.05) is 41.6 Å². The number of anilines is 1. The summed E-state index contributed by atoms with van der Waals surface area (Å²) < 4.78 is 12.0. The minimum absolute atomic E-state index is 0.000830. The monoisotopic (exact) mass is 543 g/mol. The van der Waals surface area contributed by atoms with Crippen LogP contribution in [0.3, 0.4) is 0 Å². The van der Waals surface area contributed by atoms with E-state index in [9.17, 15) is 14.4 Å². The first kappa shape index (κ1) is 24.8. The van der Waals surface area contributed by atoms with Gasteiger partial charge in [-0.05, 0) is 38.3 Å². The van der Waals surface area contributed by atoms with Crippen molar-refractivity contribution in [2.45, 2.75) is 43.3 Å². The number of hydrogen-bond donors (Lipinski definition) is 0. The van der Waals surface area contributed by atoms with Crippen LogP contribution in [0.25, 0.3) is 10.1 Å². The second kappa shape index (κ2) is 9.96. The number of rotatable bonds is 6. The second-order valence-corrected chi connectivity index (χ2v) is 13.8. The zero-order chi connectivity index (χ0) is 25.5. The standard InChI is InChI=1S/C27H33N3O5S2/c31-24-9-10-25(32)35-37(34-24)20-30(26(33)27(37)11-3-4-12-27)14-6-5-13-28-15-17-29(18-16-28)22-19-36-23-8-2-1-7-21(22)23/h1-2,7-10,19H,3-6,11-18,20H2. The molecule has 4 heterocycles. The highest BCUT2D eigenvalue weighted by atomic mass is 32.3. The predicted molar refractivity (Wildman–Crippen MR) is 146 cm³/mol. The number of benzene rings is 1. The van der Waals surface area contributed by atoms with Crippen molar-refractivity contribution in [2.24, 2.45) is 0 Å². The molecule has 0 atom stereocenters. The van der Waals surface area contributed by atoms with E-state index in [1.165, 1.54) is 15.8 Å². The van der Waals surface area contributed by atoms with Gasteiger partial charge in [0, 0.05) is 60.3 Å². The first-order valence-corrected chi connectivity index (χ1v) is 15.7. The molecule has 0 N–H and O–H groups in total. The van der Waals surface area contributed by atoms with Crippen LogP contribution in [0.15, 0.2) is 41.8 Å². The Morgan fingerprint density at radius 2 is 1.57 bits per heavy atom. The number of piperazine rings is 1. The van der Waals surface area contributed by atoms with Crippen molar-refractivity contribution in [3.63, 3.8) is 0 Å². The zero-order valence-corrected chi connectivity index (χ0v) is 22.6. The summed E-state index contributed by atoms with van der Waals surface area (Å²) in [7, 11) is -2.64. The predicted octanol–water partition coefficient (Wildman–Crippen LogP) is 4.21. The van der Waals surface area contributed by atoms with Crippen LogP contribution in [0, 0.1) is 0 Å². The molecule has 10 heteroatoms. The second-order valence-electron chi connectivity index (χ2n) is 10.3. The van der Waals surface area contributed by atoms with Crippen LogP contribution in [0.4, 0.5) is 5.69 Å². The summed E-state index contributed by atoms with van der Waals surface area (Å²) in [6, 6.07) is 8.60. The molecule has 2 saturated heterocycles. The summed E-state index contributed by atoms with van der Waals surface area (Å²) in [5.41, 5.74) is 1.35. The first-order chi connectivity index (χ1) is 18.0. The molecule has 8 nitrogen and oxygen atoms in total. The SMILES string of the molecule is O=C1C=CC(=O)OS2(CN(CCCCN3CCN(c4csc5ccccc45)CC3)C(=O)C23CCCC3)O1. The van der Waals surface area contributed by atoms with E-state index >= 15 is 0 Å². The number of fused-ring (bicyclic) bond motifs is 2. The molecule has 6 rings (SSSR count). The van der Waals surface area contributed by atoms with Crippen molar-refractivity contribution < 1.29 is 22.7 Å². The average molecular weight is 544 g/mol. The quantitative estimate of drug-likeness (QED) is 0.505. The Labute approximate surface area is 222 Å². The van der Waals surface area contributed by atoms with Crippen molar-refractivity contribution in [1.82, 2.24) is 9.80 Å². The molecule has 1 amide bonds. The van der Waals surface area contributed by atoms with Gasteiger partial charge in [0.1, 0.15) is 5.88 Å². The molecule has 198 valence electrons. The van der Waals surface area contributed by atoms with E-state index in [1.54, 1.807) is 4.90 Å². The highest BCUT2D eigenvalue weighted by molar-refractivity contribution is 8.28. The highest BCUT2D eigenvalue weighted by Gasteiger charge is 2.64. The number of hydrogen-bond acceptors (Lipinski definition) is 8. The average Bonchev–Trinajstić information content (AvgIpc) is 3.59. The van der Waals surface area contributed by atoms with Gasteiger partial charge < -0.3 is 18.2 Å². The Balaban J connectivity index is 1.02. The fraction of sp³-hybridized carbons (Fsp3) is 0.519. The van der Waals surface area contributed by atoms with Gasteiger partial charge in [-0.25, -0.2) is 9.59 Å². The summed E-state index contributed by atoms with van der Waals surface area (Å²) in [5, 5.41) is 3.62. The van der Waals surface area contributed by atoms with Crippen LogP contribution >= 0.6 is 21.9 Å². The Hall–Kier alpha value is -2.56. The molecule has 3 fully saturated rings. The maximum atomic E-state index is 13.6. The third kappa shape index (κ3) is 4.42. The summed E-state index contributed by atoms with van der Waals surface area (Å²) in [5.74, 6) is -0.968. The number of carbonyl (C=O) groups is 3. The smallest absolute Gasteiger partial charge is 0.353 e. The number of carbonyl (C=O) groups excluding carboxylic acids is 3. The Morgan fingerprint density at radius 3 is 2.30 bits per heavy atom. The first-order valence-electron chi connectivity index (χ1n) is 13.2. The van der Waals surface area contributed by atoms with E-state index in [0.29, 0.717) is 19.4 Å². The molecule has 0 radical (unpaired) electrons. The van der Waals surface area contributed by atoms with Crippen molar-refractivity contribution in [2.75, 3.05) is 50.0 Å². The number of nitrogens with zero attached hydrogens (tertiary/aromatic N) is 3. The number of unbranched alkanes of at least 4 members (excludes halogenated alkanes) is 1. The third-order valence-electron chi connectivity index (χ3n) is 8.12. The van der Waals surface area contributed by atoms with E-state index in [2.05, 4.69) is 39.4 Å². The molecule has 37 heavy (non-hydrogen) atoms. The molecule has 1 saturated carbocycles. The maximum Gasteiger partial charge on any atom is 0.353 e. The Bertz CT molecular complexity index is 1210.